The first-order valence-corrected chi connectivity index (χ1v) is 12.9. The lowest BCUT2D eigenvalue weighted by atomic mass is 9.83. The molecule has 1 unspecified atom stereocenters. The van der Waals surface area contributed by atoms with Gasteiger partial charge in [-0.15, -0.1) is 0 Å². The Hall–Kier alpha value is -4.64. The fraction of sp³-hybridized carbons (Fsp3) is 0.0968. The van der Waals surface area contributed by atoms with Gasteiger partial charge in [-0.05, 0) is 65.7 Å². The van der Waals surface area contributed by atoms with E-state index in [1.807, 2.05) is 18.2 Å². The molecule has 200 valence electrons. The van der Waals surface area contributed by atoms with Crippen LogP contribution in [0.25, 0.3) is 0 Å². The number of methoxy groups -OCH3 is 1. The normalized spacial score (nSPS) is 14.0. The smallest absolute Gasteiger partial charge is 0.343 e. The molecule has 0 aromatic heterocycles. The summed E-state index contributed by atoms with van der Waals surface area (Å²) in [6.07, 6.45) is 0. The van der Waals surface area contributed by atoms with Gasteiger partial charge in [-0.1, -0.05) is 47.5 Å². The van der Waals surface area contributed by atoms with Gasteiger partial charge in [-0.2, -0.15) is 5.26 Å². The molecule has 0 spiro atoms. The molecule has 1 aliphatic rings. The van der Waals surface area contributed by atoms with Gasteiger partial charge in [0.05, 0.1) is 18.6 Å². The standard InChI is InChI=1S/C31H22Cl2N2O5/c1-37-28-14-20(6-13-26(28)38-17-18-2-7-21(32)8-3-18)29-24-12-11-23(15-27(24)40-30(35)25(29)16-34)39-31(36)19-4-9-22(33)10-5-19/h2-15,29H,17,35H2,1H3. The predicted molar refractivity (Wildman–Crippen MR) is 151 cm³/mol. The number of nitrogens with zero attached hydrogens (tertiary/aromatic N) is 1. The van der Waals surface area contributed by atoms with Crippen LogP contribution in [0.5, 0.6) is 23.0 Å². The molecule has 7 nitrogen and oxygen atoms in total. The molecular formula is C31H22Cl2N2O5. The van der Waals surface area contributed by atoms with Crippen molar-refractivity contribution in [3.8, 4) is 29.1 Å². The second kappa shape index (κ2) is 11.6. The highest BCUT2D eigenvalue weighted by Crippen LogP contribution is 2.45. The Balaban J connectivity index is 1.42. The number of nitrogens with two attached hydrogens (primary N) is 1. The zero-order valence-corrected chi connectivity index (χ0v) is 22.7. The van der Waals surface area contributed by atoms with Crippen LogP contribution in [0.1, 0.15) is 33.0 Å². The number of nitriles is 1. The predicted octanol–water partition coefficient (Wildman–Crippen LogP) is 7.02. The van der Waals surface area contributed by atoms with E-state index in [0.717, 1.165) is 11.1 Å². The molecule has 1 heterocycles. The van der Waals surface area contributed by atoms with Gasteiger partial charge < -0.3 is 24.7 Å². The maximum absolute atomic E-state index is 12.6. The van der Waals surface area contributed by atoms with Gasteiger partial charge in [0, 0.05) is 21.7 Å². The molecule has 2 N–H and O–H groups in total. The third-order valence-electron chi connectivity index (χ3n) is 6.31. The van der Waals surface area contributed by atoms with E-state index in [1.165, 1.54) is 0 Å². The lowest BCUT2D eigenvalue weighted by molar-refractivity contribution is 0.0734. The second-order valence-corrected chi connectivity index (χ2v) is 9.72. The van der Waals surface area contributed by atoms with E-state index in [1.54, 1.807) is 73.8 Å². The zero-order chi connectivity index (χ0) is 28.2. The summed E-state index contributed by atoms with van der Waals surface area (Å²) in [5.41, 5.74) is 9.12. The monoisotopic (exact) mass is 572 g/mol. The van der Waals surface area contributed by atoms with E-state index < -0.39 is 11.9 Å². The molecule has 4 aromatic rings. The molecule has 0 radical (unpaired) electrons. The molecule has 9 heteroatoms. The minimum atomic E-state index is -0.552. The van der Waals surface area contributed by atoms with E-state index in [2.05, 4.69) is 6.07 Å². The fourth-order valence-electron chi connectivity index (χ4n) is 4.32. The first kappa shape index (κ1) is 26.9. The number of fused-ring (bicyclic) bond motifs is 1. The average molecular weight is 573 g/mol. The van der Waals surface area contributed by atoms with Crippen LogP contribution >= 0.6 is 23.2 Å². The van der Waals surface area contributed by atoms with Crippen LogP contribution in [-0.2, 0) is 6.61 Å². The average Bonchev–Trinajstić information content (AvgIpc) is 2.96. The Morgan fingerprint density at radius 1 is 0.950 bits per heavy atom. The number of rotatable bonds is 7. The second-order valence-electron chi connectivity index (χ2n) is 8.85. The molecular weight excluding hydrogens is 551 g/mol. The summed E-state index contributed by atoms with van der Waals surface area (Å²) < 4.78 is 22.9. The van der Waals surface area contributed by atoms with Gasteiger partial charge in [0.25, 0.3) is 0 Å². The van der Waals surface area contributed by atoms with E-state index in [9.17, 15) is 10.1 Å². The van der Waals surface area contributed by atoms with Crippen LogP contribution in [0, 0.1) is 11.3 Å². The highest BCUT2D eigenvalue weighted by atomic mass is 35.5. The van der Waals surface area contributed by atoms with Gasteiger partial charge in [-0.25, -0.2) is 4.79 Å². The Bertz CT molecular complexity index is 1640. The van der Waals surface area contributed by atoms with E-state index in [4.69, 9.17) is 47.9 Å². The molecule has 0 bridgehead atoms. The maximum atomic E-state index is 12.6. The summed E-state index contributed by atoms with van der Waals surface area (Å²) in [5, 5.41) is 11.1. The Kier molecular flexibility index (Phi) is 7.83. The summed E-state index contributed by atoms with van der Waals surface area (Å²) in [6.45, 7) is 0.320. The number of hydrogen-bond donors (Lipinski definition) is 1. The minimum Gasteiger partial charge on any atom is -0.493 e. The van der Waals surface area contributed by atoms with Gasteiger partial charge >= 0.3 is 5.97 Å². The van der Waals surface area contributed by atoms with Crippen molar-refractivity contribution in [3.05, 3.63) is 129 Å². The summed E-state index contributed by atoms with van der Waals surface area (Å²) in [4.78, 5) is 12.6. The first-order chi connectivity index (χ1) is 19.4. The fourth-order valence-corrected chi connectivity index (χ4v) is 4.57. The topological polar surface area (TPSA) is 104 Å². The Morgan fingerprint density at radius 3 is 2.33 bits per heavy atom. The number of esters is 1. The van der Waals surface area contributed by atoms with Gasteiger partial charge in [0.2, 0.25) is 5.88 Å². The zero-order valence-electron chi connectivity index (χ0n) is 21.2. The van der Waals surface area contributed by atoms with E-state index >= 15 is 0 Å². The SMILES string of the molecule is COc1cc(C2C(C#N)=C(N)Oc3cc(OC(=O)c4ccc(Cl)cc4)ccc32)ccc1OCc1ccc(Cl)cc1. The largest absolute Gasteiger partial charge is 0.493 e. The number of benzene rings is 4. The van der Waals surface area contributed by atoms with Crippen LogP contribution in [0.15, 0.2) is 96.4 Å². The molecule has 1 atom stereocenters. The Labute approximate surface area is 240 Å². The highest BCUT2D eigenvalue weighted by Gasteiger charge is 2.32. The van der Waals surface area contributed by atoms with Gasteiger partial charge in [0.15, 0.2) is 11.5 Å². The number of halogens is 2. The quantitative estimate of drug-likeness (QED) is 0.187. The summed E-state index contributed by atoms with van der Waals surface area (Å²) in [7, 11) is 1.54. The molecule has 1 aliphatic heterocycles. The van der Waals surface area contributed by atoms with Crippen LogP contribution < -0.4 is 24.7 Å². The van der Waals surface area contributed by atoms with Crippen molar-refractivity contribution in [2.45, 2.75) is 12.5 Å². The van der Waals surface area contributed by atoms with Crippen LogP contribution in [0.2, 0.25) is 10.0 Å². The van der Waals surface area contributed by atoms with E-state index in [0.29, 0.717) is 45.0 Å². The third kappa shape index (κ3) is 5.69. The van der Waals surface area contributed by atoms with Crippen LogP contribution in [0.3, 0.4) is 0 Å². The lowest BCUT2D eigenvalue weighted by Gasteiger charge is -2.27. The number of hydrogen-bond acceptors (Lipinski definition) is 7. The number of carbonyl (C=O) groups is 1. The summed E-state index contributed by atoms with van der Waals surface area (Å²) >= 11 is 11.9. The number of carbonyl (C=O) groups excluding carboxylic acids is 1. The van der Waals surface area contributed by atoms with Crippen molar-refractivity contribution >= 4 is 29.2 Å². The Morgan fingerprint density at radius 2 is 1.65 bits per heavy atom. The van der Waals surface area contributed by atoms with Crippen molar-refractivity contribution in [2.24, 2.45) is 5.73 Å². The molecule has 40 heavy (non-hydrogen) atoms. The van der Waals surface area contributed by atoms with E-state index in [-0.39, 0.29) is 17.2 Å². The van der Waals surface area contributed by atoms with Crippen molar-refractivity contribution in [3.63, 3.8) is 0 Å². The highest BCUT2D eigenvalue weighted by molar-refractivity contribution is 6.30. The number of ether oxygens (including phenoxy) is 4. The van der Waals surface area contributed by atoms with Crippen LogP contribution in [0.4, 0.5) is 0 Å². The summed E-state index contributed by atoms with van der Waals surface area (Å²) in [6, 6.07) is 26.3. The molecule has 5 rings (SSSR count). The first-order valence-electron chi connectivity index (χ1n) is 12.1. The van der Waals surface area contributed by atoms with Crippen molar-refractivity contribution < 1.29 is 23.7 Å². The number of allylic oxidation sites excluding steroid dienone is 1. The molecule has 4 aromatic carbocycles. The molecule has 0 saturated carbocycles. The molecule has 0 aliphatic carbocycles. The maximum Gasteiger partial charge on any atom is 0.343 e. The van der Waals surface area contributed by atoms with Crippen LogP contribution in [-0.4, -0.2) is 13.1 Å². The minimum absolute atomic E-state index is 0.0387. The van der Waals surface area contributed by atoms with Gasteiger partial charge in [0.1, 0.15) is 29.7 Å². The summed E-state index contributed by atoms with van der Waals surface area (Å²) in [5.74, 6) is 0.512. The molecule has 0 saturated heterocycles. The van der Waals surface area contributed by atoms with Crippen molar-refractivity contribution in [1.29, 1.82) is 5.26 Å². The lowest BCUT2D eigenvalue weighted by Crippen LogP contribution is -2.21. The molecule has 0 amide bonds. The molecule has 0 fully saturated rings. The van der Waals surface area contributed by atoms with Crippen molar-refractivity contribution in [2.75, 3.05) is 7.11 Å². The van der Waals surface area contributed by atoms with Gasteiger partial charge in [-0.3, -0.25) is 0 Å². The third-order valence-corrected chi connectivity index (χ3v) is 6.81. The van der Waals surface area contributed by atoms with Crippen molar-refractivity contribution in [1.82, 2.24) is 0 Å².